The first-order chi connectivity index (χ1) is 3.31. The Bertz CT molecular complexity index is 79.8. The van der Waals surface area contributed by atoms with E-state index in [0.29, 0.717) is 0 Å². The van der Waals surface area contributed by atoms with E-state index >= 15 is 0 Å². The van der Waals surface area contributed by atoms with Crippen molar-refractivity contribution in [1.29, 1.82) is 0 Å². The van der Waals surface area contributed by atoms with Gasteiger partial charge in [-0.25, -0.2) is 0 Å². The molecule has 0 saturated heterocycles. The summed E-state index contributed by atoms with van der Waals surface area (Å²) < 4.78 is 4.09. The molecule has 0 aliphatic rings. The van der Waals surface area contributed by atoms with Crippen molar-refractivity contribution in [2.75, 3.05) is 0 Å². The topological polar surface area (TPSA) is 26.3 Å². The van der Waals surface area contributed by atoms with Crippen LogP contribution >= 0.6 is 16.3 Å². The molecule has 0 heterocycles. The van der Waals surface area contributed by atoms with Crippen LogP contribution in [0.1, 0.15) is 6.42 Å². The third-order valence-electron chi connectivity index (χ3n) is 0.397. The number of rotatable bonds is 2. The molecule has 7 heavy (non-hydrogen) atoms. The van der Waals surface area contributed by atoms with E-state index in [1.807, 2.05) is 0 Å². The molecule has 0 aliphatic heterocycles. The Kier molecular flexibility index (Phi) is 3.69. The van der Waals surface area contributed by atoms with Crippen LogP contribution in [-0.2, 0) is 8.62 Å². The maximum atomic E-state index is 10.1. The van der Waals surface area contributed by atoms with Gasteiger partial charge in [0.2, 0.25) is 0 Å². The Hall–Kier alpha value is -0.310. The first-order valence-corrected chi connectivity index (χ1v) is 2.38. The average molecular weight is 165 g/mol. The molecule has 3 heteroatoms. The van der Waals surface area contributed by atoms with Gasteiger partial charge in [0.25, 0.3) is 0 Å². The fourth-order valence-electron chi connectivity index (χ4n) is 0.149. The van der Waals surface area contributed by atoms with Gasteiger partial charge in [0.15, 0.2) is 16.3 Å². The minimum Gasteiger partial charge on any atom is -0.383 e. The quantitative estimate of drug-likeness (QED) is 0.578. The first-order valence-electron chi connectivity index (χ1n) is 1.73. The molecule has 0 aromatic carbocycles. The van der Waals surface area contributed by atoms with Gasteiger partial charge in [-0.3, -0.25) is 4.79 Å². The minimum absolute atomic E-state index is 0.255. The molecular formula is C4H5BrO2. The predicted molar refractivity (Wildman–Crippen MR) is 29.8 cm³/mol. The summed E-state index contributed by atoms with van der Waals surface area (Å²) in [7, 11) is 0. The molecule has 0 aromatic rings. The molecule has 0 bridgehead atoms. The van der Waals surface area contributed by atoms with Crippen molar-refractivity contribution in [2.45, 2.75) is 6.42 Å². The zero-order valence-electron chi connectivity index (χ0n) is 3.69. The highest BCUT2D eigenvalue weighted by Crippen LogP contribution is 1.90. The highest BCUT2D eigenvalue weighted by Gasteiger charge is 1.92. The Labute approximate surface area is 50.6 Å². The lowest BCUT2D eigenvalue weighted by molar-refractivity contribution is -0.131. The monoisotopic (exact) mass is 164 g/mol. The standard InChI is InChI=1S/C4H5BrO2/c1-2-3-4(6)7-5/h2H,1,3H2. The number of carbonyl (C=O) groups excluding carboxylic acids is 1. The SMILES string of the molecule is C=CCC(=O)OBr. The molecule has 0 rings (SSSR count). The summed E-state index contributed by atoms with van der Waals surface area (Å²) in [6.07, 6.45) is 1.73. The first kappa shape index (κ1) is 6.69. The van der Waals surface area contributed by atoms with Gasteiger partial charge in [-0.15, -0.1) is 6.58 Å². The van der Waals surface area contributed by atoms with Gasteiger partial charge < -0.3 is 3.83 Å². The average Bonchev–Trinajstić information content (AvgIpc) is 1.68. The maximum Gasteiger partial charge on any atom is 0.321 e. The fourth-order valence-corrected chi connectivity index (χ4v) is 0.282. The van der Waals surface area contributed by atoms with E-state index in [1.165, 1.54) is 6.08 Å². The largest absolute Gasteiger partial charge is 0.383 e. The van der Waals surface area contributed by atoms with E-state index < -0.39 is 0 Å². The van der Waals surface area contributed by atoms with Crippen LogP contribution in [0.15, 0.2) is 12.7 Å². The van der Waals surface area contributed by atoms with Crippen molar-refractivity contribution in [3.05, 3.63) is 12.7 Å². The van der Waals surface area contributed by atoms with Gasteiger partial charge in [0.05, 0.1) is 6.42 Å². The van der Waals surface area contributed by atoms with E-state index in [2.05, 4.69) is 26.7 Å². The minimum atomic E-state index is -0.324. The van der Waals surface area contributed by atoms with Gasteiger partial charge >= 0.3 is 5.97 Å². The molecule has 0 unspecified atom stereocenters. The van der Waals surface area contributed by atoms with Crippen molar-refractivity contribution >= 4 is 22.2 Å². The van der Waals surface area contributed by atoms with Crippen molar-refractivity contribution < 1.29 is 8.62 Å². The molecule has 0 fully saturated rings. The van der Waals surface area contributed by atoms with Gasteiger partial charge in [-0.1, -0.05) is 6.08 Å². The van der Waals surface area contributed by atoms with E-state index in [4.69, 9.17) is 0 Å². The molecule has 40 valence electrons. The van der Waals surface area contributed by atoms with Crippen LogP contribution in [0.25, 0.3) is 0 Å². The van der Waals surface area contributed by atoms with Crippen molar-refractivity contribution in [3.8, 4) is 0 Å². The Morgan fingerprint density at radius 1 is 2.00 bits per heavy atom. The van der Waals surface area contributed by atoms with Crippen molar-refractivity contribution in [2.24, 2.45) is 0 Å². The predicted octanol–water partition coefficient (Wildman–Crippen LogP) is 1.42. The summed E-state index contributed by atoms with van der Waals surface area (Å²) in [5, 5.41) is 0. The number of hydrogen-bond acceptors (Lipinski definition) is 2. The van der Waals surface area contributed by atoms with Crippen molar-refractivity contribution in [1.82, 2.24) is 0 Å². The zero-order valence-corrected chi connectivity index (χ0v) is 5.27. The highest BCUT2D eigenvalue weighted by atomic mass is 79.9. The summed E-state index contributed by atoms with van der Waals surface area (Å²) in [5.74, 6) is -0.324. The third-order valence-corrected chi connectivity index (χ3v) is 0.758. The molecule has 0 radical (unpaired) electrons. The number of carbonyl (C=O) groups is 1. The summed E-state index contributed by atoms with van der Waals surface area (Å²) in [5.41, 5.74) is 0. The second-order valence-corrected chi connectivity index (χ2v) is 1.27. The molecule has 0 saturated carbocycles. The lowest BCUT2D eigenvalue weighted by Gasteiger charge is -1.84. The van der Waals surface area contributed by atoms with Crippen LogP contribution in [0, 0.1) is 0 Å². The normalized spacial score (nSPS) is 7.57. The van der Waals surface area contributed by atoms with Crippen LogP contribution in [0.5, 0.6) is 0 Å². The number of halogens is 1. The summed E-state index contributed by atoms with van der Waals surface area (Å²) in [4.78, 5) is 10.1. The lowest BCUT2D eigenvalue weighted by Crippen LogP contribution is -1.91. The second kappa shape index (κ2) is 3.87. The molecule has 0 spiro atoms. The second-order valence-electron chi connectivity index (χ2n) is 0.942. The molecule has 0 atom stereocenters. The van der Waals surface area contributed by atoms with Gasteiger partial charge in [-0.05, 0) is 0 Å². The summed E-state index contributed by atoms with van der Waals surface area (Å²) in [6.45, 7) is 3.33. The van der Waals surface area contributed by atoms with E-state index in [-0.39, 0.29) is 12.4 Å². The van der Waals surface area contributed by atoms with Gasteiger partial charge in [0.1, 0.15) is 0 Å². The van der Waals surface area contributed by atoms with Crippen LogP contribution in [0.4, 0.5) is 0 Å². The zero-order chi connectivity index (χ0) is 5.70. The Morgan fingerprint density at radius 3 is 2.71 bits per heavy atom. The summed E-state index contributed by atoms with van der Waals surface area (Å²) >= 11 is 2.52. The molecular weight excluding hydrogens is 160 g/mol. The van der Waals surface area contributed by atoms with Crippen LogP contribution in [0.2, 0.25) is 0 Å². The van der Waals surface area contributed by atoms with E-state index in [1.54, 1.807) is 0 Å². The van der Waals surface area contributed by atoms with E-state index in [9.17, 15) is 4.79 Å². The smallest absolute Gasteiger partial charge is 0.321 e. The van der Waals surface area contributed by atoms with Crippen molar-refractivity contribution in [3.63, 3.8) is 0 Å². The molecule has 0 aromatic heterocycles. The summed E-state index contributed by atoms with van der Waals surface area (Å²) in [6, 6.07) is 0. The molecule has 0 N–H and O–H groups in total. The van der Waals surface area contributed by atoms with Crippen LogP contribution in [-0.4, -0.2) is 5.97 Å². The maximum absolute atomic E-state index is 10.1. The molecule has 0 aliphatic carbocycles. The Balaban J connectivity index is 3.17. The third kappa shape index (κ3) is 3.52. The van der Waals surface area contributed by atoms with Crippen LogP contribution < -0.4 is 0 Å². The number of hydrogen-bond donors (Lipinski definition) is 0. The lowest BCUT2D eigenvalue weighted by atomic mass is 10.4. The Morgan fingerprint density at radius 2 is 2.57 bits per heavy atom. The fraction of sp³-hybridized carbons (Fsp3) is 0.250. The van der Waals surface area contributed by atoms with Crippen LogP contribution in [0.3, 0.4) is 0 Å². The molecule has 2 nitrogen and oxygen atoms in total. The van der Waals surface area contributed by atoms with E-state index in [0.717, 1.165) is 0 Å². The van der Waals surface area contributed by atoms with Gasteiger partial charge in [0, 0.05) is 0 Å². The van der Waals surface area contributed by atoms with Gasteiger partial charge in [-0.2, -0.15) is 0 Å². The highest BCUT2D eigenvalue weighted by molar-refractivity contribution is 9.06. The molecule has 0 amide bonds.